The average molecular weight is 431 g/mol. The zero-order valence-electron chi connectivity index (χ0n) is 17.2. The average Bonchev–Trinajstić information content (AvgIpc) is 3.56. The molecule has 156 valence electrons. The topological polar surface area (TPSA) is 75.9 Å². The van der Waals surface area contributed by atoms with Crippen LogP contribution in [0.3, 0.4) is 0 Å². The summed E-state index contributed by atoms with van der Waals surface area (Å²) in [6.45, 7) is 3.93. The standard InChI is InChI=1S/C23H22N6OS/c1-16-21(31-23(24-16)29-13-4-5-14-29)22(30)25-18-8-6-7-17(15-18)19-9-10-20(27-26-19)28-11-2-3-12-28/h4-10,13-15H,2-3,11-12H2,1H3,(H,25,30). The van der Waals surface area contributed by atoms with E-state index >= 15 is 0 Å². The van der Waals surface area contributed by atoms with Crippen molar-refractivity contribution in [3.05, 3.63) is 71.5 Å². The van der Waals surface area contributed by atoms with E-state index in [9.17, 15) is 4.79 Å². The third-order valence-electron chi connectivity index (χ3n) is 5.31. The Morgan fingerprint density at radius 2 is 1.84 bits per heavy atom. The van der Waals surface area contributed by atoms with Crippen molar-refractivity contribution in [1.29, 1.82) is 0 Å². The number of anilines is 2. The summed E-state index contributed by atoms with van der Waals surface area (Å²) in [4.78, 5) is 20.3. The molecule has 0 radical (unpaired) electrons. The minimum atomic E-state index is -0.166. The number of aryl methyl sites for hydroxylation is 1. The minimum Gasteiger partial charge on any atom is -0.355 e. The number of carbonyl (C=O) groups is 1. The highest BCUT2D eigenvalue weighted by molar-refractivity contribution is 7.16. The van der Waals surface area contributed by atoms with Crippen LogP contribution < -0.4 is 10.2 Å². The van der Waals surface area contributed by atoms with E-state index in [-0.39, 0.29) is 5.91 Å². The van der Waals surface area contributed by atoms with Gasteiger partial charge in [-0.25, -0.2) is 4.98 Å². The first-order valence-corrected chi connectivity index (χ1v) is 11.1. The number of amides is 1. The summed E-state index contributed by atoms with van der Waals surface area (Å²) < 4.78 is 1.90. The van der Waals surface area contributed by atoms with Crippen molar-refractivity contribution in [2.75, 3.05) is 23.3 Å². The van der Waals surface area contributed by atoms with E-state index in [2.05, 4.69) is 25.4 Å². The zero-order chi connectivity index (χ0) is 21.2. The van der Waals surface area contributed by atoms with Crippen LogP contribution in [-0.2, 0) is 0 Å². The molecule has 0 spiro atoms. The first kappa shape index (κ1) is 19.4. The Labute approximate surface area is 184 Å². The number of benzene rings is 1. The molecule has 1 N–H and O–H groups in total. The van der Waals surface area contributed by atoms with E-state index in [1.807, 2.05) is 72.4 Å². The summed E-state index contributed by atoms with van der Waals surface area (Å²) in [7, 11) is 0. The number of nitrogens with zero attached hydrogens (tertiary/aromatic N) is 5. The molecular weight excluding hydrogens is 408 g/mol. The van der Waals surface area contributed by atoms with Gasteiger partial charge in [0.25, 0.3) is 5.91 Å². The van der Waals surface area contributed by atoms with Crippen LogP contribution in [0.5, 0.6) is 0 Å². The van der Waals surface area contributed by atoms with Gasteiger partial charge >= 0.3 is 0 Å². The fourth-order valence-corrected chi connectivity index (χ4v) is 4.63. The van der Waals surface area contributed by atoms with Crippen molar-refractivity contribution in [3.63, 3.8) is 0 Å². The van der Waals surface area contributed by atoms with Crippen LogP contribution in [0.15, 0.2) is 60.9 Å². The Hall–Kier alpha value is -3.52. The fraction of sp³-hybridized carbons (Fsp3) is 0.217. The molecule has 0 saturated carbocycles. The number of rotatable bonds is 5. The first-order valence-electron chi connectivity index (χ1n) is 10.3. The monoisotopic (exact) mass is 430 g/mol. The molecular formula is C23H22N6OS. The lowest BCUT2D eigenvalue weighted by molar-refractivity contribution is 0.103. The highest BCUT2D eigenvalue weighted by atomic mass is 32.1. The summed E-state index contributed by atoms with van der Waals surface area (Å²) in [5.74, 6) is 0.755. The lowest BCUT2D eigenvalue weighted by Gasteiger charge is -2.15. The second-order valence-corrected chi connectivity index (χ2v) is 8.48. The quantitative estimate of drug-likeness (QED) is 0.503. The van der Waals surface area contributed by atoms with Gasteiger partial charge < -0.3 is 14.8 Å². The van der Waals surface area contributed by atoms with Gasteiger partial charge in [0.15, 0.2) is 10.9 Å². The van der Waals surface area contributed by atoms with Gasteiger partial charge in [-0.2, -0.15) is 0 Å². The van der Waals surface area contributed by atoms with Gasteiger partial charge in [-0.15, -0.1) is 10.2 Å². The molecule has 1 saturated heterocycles. The van der Waals surface area contributed by atoms with Gasteiger partial charge in [-0.1, -0.05) is 23.5 Å². The van der Waals surface area contributed by atoms with Gasteiger partial charge in [0, 0.05) is 36.7 Å². The Balaban J connectivity index is 1.33. The van der Waals surface area contributed by atoms with Crippen molar-refractivity contribution in [3.8, 4) is 16.4 Å². The highest BCUT2D eigenvalue weighted by Gasteiger charge is 2.17. The van der Waals surface area contributed by atoms with Gasteiger partial charge in [-0.05, 0) is 56.2 Å². The van der Waals surface area contributed by atoms with Crippen LogP contribution in [0.25, 0.3) is 16.4 Å². The van der Waals surface area contributed by atoms with Crippen LogP contribution >= 0.6 is 11.3 Å². The van der Waals surface area contributed by atoms with Gasteiger partial charge in [-0.3, -0.25) is 4.79 Å². The van der Waals surface area contributed by atoms with E-state index in [1.54, 1.807) is 0 Å². The summed E-state index contributed by atoms with van der Waals surface area (Å²) >= 11 is 1.37. The summed E-state index contributed by atoms with van der Waals surface area (Å²) in [5.41, 5.74) is 3.11. The molecule has 0 aliphatic carbocycles. The molecule has 1 amide bonds. The van der Waals surface area contributed by atoms with Crippen LogP contribution in [0.2, 0.25) is 0 Å². The van der Waals surface area contributed by atoms with E-state index < -0.39 is 0 Å². The van der Waals surface area contributed by atoms with Crippen LogP contribution in [0.1, 0.15) is 28.2 Å². The largest absolute Gasteiger partial charge is 0.355 e. The molecule has 7 nitrogen and oxygen atoms in total. The predicted octanol–water partition coefficient (Wildman–Crippen LogP) is 4.55. The number of thiazole rings is 1. The molecule has 1 aliphatic heterocycles. The number of nitrogens with one attached hydrogen (secondary N) is 1. The van der Waals surface area contributed by atoms with Gasteiger partial charge in [0.2, 0.25) is 0 Å². The Kier molecular flexibility index (Phi) is 5.21. The van der Waals surface area contributed by atoms with E-state index in [4.69, 9.17) is 0 Å². The SMILES string of the molecule is Cc1nc(-n2cccc2)sc1C(=O)Nc1cccc(-c2ccc(N3CCCC3)nn2)c1. The van der Waals surface area contributed by atoms with Crippen LogP contribution in [-0.4, -0.2) is 38.7 Å². The first-order chi connectivity index (χ1) is 15.2. The maximum Gasteiger partial charge on any atom is 0.267 e. The third-order valence-corrected chi connectivity index (χ3v) is 6.48. The number of aromatic nitrogens is 4. The van der Waals surface area contributed by atoms with Crippen molar-refractivity contribution in [1.82, 2.24) is 19.7 Å². The smallest absolute Gasteiger partial charge is 0.267 e. The molecule has 0 unspecified atom stereocenters. The fourth-order valence-electron chi connectivity index (χ4n) is 3.70. The van der Waals surface area contributed by atoms with Gasteiger partial charge in [0.1, 0.15) is 4.88 Å². The Morgan fingerprint density at radius 1 is 1.03 bits per heavy atom. The number of hydrogen-bond donors (Lipinski definition) is 1. The Bertz CT molecular complexity index is 1190. The van der Waals surface area contributed by atoms with Crippen molar-refractivity contribution < 1.29 is 4.79 Å². The van der Waals surface area contributed by atoms with Crippen molar-refractivity contribution >= 4 is 28.7 Å². The molecule has 5 rings (SSSR count). The van der Waals surface area contributed by atoms with Crippen LogP contribution in [0, 0.1) is 6.92 Å². The lowest BCUT2D eigenvalue weighted by atomic mass is 10.1. The maximum absolute atomic E-state index is 12.9. The Morgan fingerprint density at radius 3 is 2.58 bits per heavy atom. The molecule has 1 aromatic carbocycles. The highest BCUT2D eigenvalue weighted by Crippen LogP contribution is 2.26. The normalized spacial score (nSPS) is 13.5. The summed E-state index contributed by atoms with van der Waals surface area (Å²) in [5, 5.41) is 12.6. The zero-order valence-corrected chi connectivity index (χ0v) is 18.0. The second kappa shape index (κ2) is 8.31. The molecule has 4 heterocycles. The van der Waals surface area contributed by atoms with E-state index in [0.717, 1.165) is 35.3 Å². The number of carbonyl (C=O) groups excluding carboxylic acids is 1. The minimum absolute atomic E-state index is 0.166. The molecule has 0 bridgehead atoms. The second-order valence-electron chi connectivity index (χ2n) is 7.51. The van der Waals surface area contributed by atoms with Crippen LogP contribution in [0.4, 0.5) is 11.5 Å². The molecule has 3 aromatic heterocycles. The third kappa shape index (κ3) is 4.06. The maximum atomic E-state index is 12.9. The van der Waals surface area contributed by atoms with Crippen molar-refractivity contribution in [2.24, 2.45) is 0 Å². The van der Waals surface area contributed by atoms with E-state index in [0.29, 0.717) is 16.3 Å². The molecule has 1 aliphatic rings. The molecule has 4 aromatic rings. The molecule has 31 heavy (non-hydrogen) atoms. The number of hydrogen-bond acceptors (Lipinski definition) is 6. The predicted molar refractivity (Wildman–Crippen MR) is 123 cm³/mol. The van der Waals surface area contributed by atoms with Crippen molar-refractivity contribution in [2.45, 2.75) is 19.8 Å². The summed E-state index contributed by atoms with van der Waals surface area (Å²) in [6.07, 6.45) is 6.24. The van der Waals surface area contributed by atoms with Gasteiger partial charge in [0.05, 0.1) is 11.4 Å². The molecule has 1 fully saturated rings. The lowest BCUT2D eigenvalue weighted by Crippen LogP contribution is -2.19. The van der Waals surface area contributed by atoms with E-state index in [1.165, 1.54) is 24.2 Å². The molecule has 8 heteroatoms. The molecule has 0 atom stereocenters. The summed E-state index contributed by atoms with van der Waals surface area (Å²) in [6, 6.07) is 15.5.